The molecule has 0 amide bonds. The third-order valence-electron chi connectivity index (χ3n) is 3.16. The number of aromatic nitrogens is 1. The van der Waals surface area contributed by atoms with Gasteiger partial charge in [-0.05, 0) is 30.5 Å². The number of rotatable bonds is 2. The van der Waals surface area contributed by atoms with Gasteiger partial charge in [0.1, 0.15) is 5.60 Å². The second kappa shape index (κ2) is 4.29. The van der Waals surface area contributed by atoms with Crippen molar-refractivity contribution in [2.75, 3.05) is 0 Å². The summed E-state index contributed by atoms with van der Waals surface area (Å²) in [4.78, 5) is 4.22. The lowest BCUT2D eigenvalue weighted by Crippen LogP contribution is -2.29. The summed E-state index contributed by atoms with van der Waals surface area (Å²) in [5, 5.41) is 19.5. The molecule has 0 atom stereocenters. The zero-order chi connectivity index (χ0) is 10.7. The maximum atomic E-state index is 10.4. The van der Waals surface area contributed by atoms with Crippen molar-refractivity contribution < 1.29 is 10.2 Å². The Bertz CT molecular complexity index is 332. The first-order valence-corrected chi connectivity index (χ1v) is 5.53. The zero-order valence-electron chi connectivity index (χ0n) is 8.82. The van der Waals surface area contributed by atoms with Gasteiger partial charge in [0.2, 0.25) is 0 Å². The Morgan fingerprint density at radius 1 is 1.27 bits per heavy atom. The van der Waals surface area contributed by atoms with Gasteiger partial charge in [0, 0.05) is 6.20 Å². The summed E-state index contributed by atoms with van der Waals surface area (Å²) < 4.78 is 0. The fourth-order valence-corrected chi connectivity index (χ4v) is 2.22. The zero-order valence-corrected chi connectivity index (χ0v) is 8.82. The smallest absolute Gasteiger partial charge is 0.106 e. The molecule has 1 fully saturated rings. The van der Waals surface area contributed by atoms with Crippen molar-refractivity contribution in [3.05, 3.63) is 29.6 Å². The fourth-order valence-electron chi connectivity index (χ4n) is 2.22. The van der Waals surface area contributed by atoms with Crippen molar-refractivity contribution in [2.45, 2.75) is 44.3 Å². The normalized spacial score (nSPS) is 20.1. The summed E-state index contributed by atoms with van der Waals surface area (Å²) >= 11 is 0. The molecule has 3 nitrogen and oxygen atoms in total. The van der Waals surface area contributed by atoms with E-state index in [0.717, 1.165) is 31.2 Å². The molecule has 0 saturated heterocycles. The molecule has 0 spiro atoms. The van der Waals surface area contributed by atoms with Crippen molar-refractivity contribution in [3.63, 3.8) is 0 Å². The lowest BCUT2D eigenvalue weighted by atomic mass is 9.82. The number of aliphatic hydroxyl groups is 2. The summed E-state index contributed by atoms with van der Waals surface area (Å²) in [6.07, 6.45) is 6.54. The molecule has 1 aliphatic carbocycles. The van der Waals surface area contributed by atoms with Crippen LogP contribution >= 0.6 is 0 Å². The number of aliphatic hydroxyl groups excluding tert-OH is 1. The third-order valence-corrected chi connectivity index (χ3v) is 3.16. The number of pyridine rings is 1. The van der Waals surface area contributed by atoms with Crippen molar-refractivity contribution in [2.24, 2.45) is 0 Å². The van der Waals surface area contributed by atoms with E-state index < -0.39 is 5.60 Å². The minimum Gasteiger partial charge on any atom is -0.392 e. The van der Waals surface area contributed by atoms with Crippen LogP contribution in [0.3, 0.4) is 0 Å². The second-order valence-corrected chi connectivity index (χ2v) is 4.30. The lowest BCUT2D eigenvalue weighted by Gasteiger charge is -2.31. The standard InChI is InChI=1S/C12H17NO2/c14-9-10-4-7-13-11(8-10)12(15)5-2-1-3-6-12/h4,7-8,14-15H,1-3,5-6,9H2. The molecular formula is C12H17NO2. The van der Waals surface area contributed by atoms with E-state index in [-0.39, 0.29) is 6.61 Å². The summed E-state index contributed by atoms with van der Waals surface area (Å²) in [7, 11) is 0. The van der Waals surface area contributed by atoms with E-state index in [2.05, 4.69) is 4.98 Å². The molecule has 3 heteroatoms. The second-order valence-electron chi connectivity index (χ2n) is 4.30. The number of nitrogens with zero attached hydrogens (tertiary/aromatic N) is 1. The molecule has 2 N–H and O–H groups in total. The van der Waals surface area contributed by atoms with E-state index in [4.69, 9.17) is 5.11 Å². The topological polar surface area (TPSA) is 53.4 Å². The highest BCUT2D eigenvalue weighted by atomic mass is 16.3. The first-order chi connectivity index (χ1) is 7.24. The number of hydrogen-bond donors (Lipinski definition) is 2. The molecule has 0 radical (unpaired) electrons. The summed E-state index contributed by atoms with van der Waals surface area (Å²) in [6.45, 7) is 0.00556. The molecule has 1 saturated carbocycles. The Labute approximate surface area is 89.8 Å². The van der Waals surface area contributed by atoms with Gasteiger partial charge in [-0.15, -0.1) is 0 Å². The van der Waals surface area contributed by atoms with Crippen molar-refractivity contribution in [1.29, 1.82) is 0 Å². The van der Waals surface area contributed by atoms with Crippen molar-refractivity contribution in [3.8, 4) is 0 Å². The van der Waals surface area contributed by atoms with Crippen LogP contribution in [-0.2, 0) is 12.2 Å². The molecular weight excluding hydrogens is 190 g/mol. The molecule has 1 aliphatic rings. The molecule has 1 aromatic rings. The number of hydrogen-bond acceptors (Lipinski definition) is 3. The monoisotopic (exact) mass is 207 g/mol. The lowest BCUT2D eigenvalue weighted by molar-refractivity contribution is -0.00476. The largest absolute Gasteiger partial charge is 0.392 e. The average molecular weight is 207 g/mol. The van der Waals surface area contributed by atoms with Gasteiger partial charge in [-0.1, -0.05) is 19.3 Å². The molecule has 0 bridgehead atoms. The molecule has 82 valence electrons. The molecule has 0 aromatic carbocycles. The molecule has 0 unspecified atom stereocenters. The van der Waals surface area contributed by atoms with Gasteiger partial charge in [-0.2, -0.15) is 0 Å². The van der Waals surface area contributed by atoms with E-state index >= 15 is 0 Å². The summed E-state index contributed by atoms with van der Waals surface area (Å²) in [5.74, 6) is 0. The first kappa shape index (κ1) is 10.6. The Kier molecular flexibility index (Phi) is 3.03. The van der Waals surface area contributed by atoms with E-state index in [1.54, 1.807) is 12.3 Å². The van der Waals surface area contributed by atoms with Crippen LogP contribution < -0.4 is 0 Å². The summed E-state index contributed by atoms with van der Waals surface area (Å²) in [6, 6.07) is 3.58. The van der Waals surface area contributed by atoms with E-state index in [0.29, 0.717) is 5.69 Å². The average Bonchev–Trinajstić information content (AvgIpc) is 2.30. The highest BCUT2D eigenvalue weighted by Crippen LogP contribution is 2.35. The van der Waals surface area contributed by atoms with Crippen LogP contribution in [0.5, 0.6) is 0 Å². The van der Waals surface area contributed by atoms with E-state index in [9.17, 15) is 5.11 Å². The van der Waals surface area contributed by atoms with Gasteiger partial charge in [0.25, 0.3) is 0 Å². The van der Waals surface area contributed by atoms with Gasteiger partial charge in [0.15, 0.2) is 0 Å². The van der Waals surface area contributed by atoms with Crippen LogP contribution in [0.4, 0.5) is 0 Å². The summed E-state index contributed by atoms with van der Waals surface area (Å²) in [5.41, 5.74) is 0.774. The van der Waals surface area contributed by atoms with Crippen LogP contribution in [0.2, 0.25) is 0 Å². The maximum absolute atomic E-state index is 10.4. The molecule has 15 heavy (non-hydrogen) atoms. The predicted molar refractivity (Wildman–Crippen MR) is 57.1 cm³/mol. The quantitative estimate of drug-likeness (QED) is 0.776. The van der Waals surface area contributed by atoms with Crippen LogP contribution in [0, 0.1) is 0 Å². The Morgan fingerprint density at radius 2 is 2.00 bits per heavy atom. The molecule has 0 aliphatic heterocycles. The third kappa shape index (κ3) is 2.19. The molecule has 2 rings (SSSR count). The van der Waals surface area contributed by atoms with Gasteiger partial charge in [-0.3, -0.25) is 4.98 Å². The van der Waals surface area contributed by atoms with Gasteiger partial charge in [0.05, 0.1) is 12.3 Å². The molecule has 1 heterocycles. The minimum absolute atomic E-state index is 0.00556. The minimum atomic E-state index is -0.760. The maximum Gasteiger partial charge on any atom is 0.106 e. The SMILES string of the molecule is OCc1ccnc(C2(O)CCCCC2)c1. The van der Waals surface area contributed by atoms with Crippen LogP contribution in [0.25, 0.3) is 0 Å². The van der Waals surface area contributed by atoms with E-state index in [1.165, 1.54) is 6.42 Å². The van der Waals surface area contributed by atoms with Crippen molar-refractivity contribution in [1.82, 2.24) is 4.98 Å². The highest BCUT2D eigenvalue weighted by molar-refractivity contribution is 5.21. The Balaban J connectivity index is 2.26. The highest BCUT2D eigenvalue weighted by Gasteiger charge is 2.32. The predicted octanol–water partition coefficient (Wildman–Crippen LogP) is 1.73. The Morgan fingerprint density at radius 3 is 2.67 bits per heavy atom. The van der Waals surface area contributed by atoms with Gasteiger partial charge in [-0.25, -0.2) is 0 Å². The molecule has 1 aromatic heterocycles. The van der Waals surface area contributed by atoms with Gasteiger partial charge < -0.3 is 10.2 Å². The van der Waals surface area contributed by atoms with E-state index in [1.807, 2.05) is 6.07 Å². The van der Waals surface area contributed by atoms with Gasteiger partial charge >= 0.3 is 0 Å². The van der Waals surface area contributed by atoms with Crippen LogP contribution in [0.1, 0.15) is 43.4 Å². The fraction of sp³-hybridized carbons (Fsp3) is 0.583. The van der Waals surface area contributed by atoms with Crippen LogP contribution in [0.15, 0.2) is 18.3 Å². The Hall–Kier alpha value is -0.930. The van der Waals surface area contributed by atoms with Crippen LogP contribution in [-0.4, -0.2) is 15.2 Å². The first-order valence-electron chi connectivity index (χ1n) is 5.53. The van der Waals surface area contributed by atoms with Crippen molar-refractivity contribution >= 4 is 0 Å².